The number of hydrogen-bond donors (Lipinski definition) is 0. The molecule has 0 N–H and O–H groups in total. The van der Waals surface area contributed by atoms with Crippen molar-refractivity contribution in [2.75, 3.05) is 0 Å². The van der Waals surface area contributed by atoms with E-state index in [4.69, 9.17) is 16.5 Å². The van der Waals surface area contributed by atoms with Crippen molar-refractivity contribution >= 4 is 49.3 Å². The van der Waals surface area contributed by atoms with Crippen molar-refractivity contribution < 1.29 is 13.2 Å². The predicted octanol–water partition coefficient (Wildman–Crippen LogP) is 16.4. The Morgan fingerprint density at radius 3 is 1.47 bits per heavy atom. The maximum atomic E-state index is 15.6. The van der Waals surface area contributed by atoms with Crippen LogP contribution in [0.3, 0.4) is 0 Å². The molecule has 0 saturated carbocycles. The Bertz CT molecular complexity index is 4140. The van der Waals surface area contributed by atoms with Crippen molar-refractivity contribution in [3.05, 3.63) is 235 Å². The molecule has 0 unspecified atom stereocenters. The fraction of sp³-hybridized carbons (Fsp3) is 0.0164. The summed E-state index contributed by atoms with van der Waals surface area (Å²) >= 11 is 0. The largest absolute Gasteiger partial charge is 0.415 e. The van der Waals surface area contributed by atoms with Gasteiger partial charge in [-0.1, -0.05) is 152 Å². The molecule has 4 aromatic heterocycles. The van der Waals surface area contributed by atoms with Crippen molar-refractivity contribution in [3.8, 4) is 73.3 Å². The van der Waals surface area contributed by atoms with E-state index >= 15 is 13.2 Å². The molecular formula is C61H35F3N6. The molecule has 0 atom stereocenters. The van der Waals surface area contributed by atoms with E-state index < -0.39 is 11.7 Å². The van der Waals surface area contributed by atoms with Gasteiger partial charge in [0, 0.05) is 61.8 Å². The first-order valence-electron chi connectivity index (χ1n) is 22.6. The predicted molar refractivity (Wildman–Crippen MR) is 274 cm³/mol. The average molecular weight is 909 g/mol. The lowest BCUT2D eigenvalue weighted by atomic mass is 9.93. The van der Waals surface area contributed by atoms with Gasteiger partial charge in [0.15, 0.2) is 5.69 Å². The van der Waals surface area contributed by atoms with Crippen molar-refractivity contribution in [3.63, 3.8) is 0 Å². The molecule has 12 rings (SSSR count). The Balaban J connectivity index is 1.19. The number of hydrogen-bond acceptors (Lipinski definition) is 3. The van der Waals surface area contributed by atoms with E-state index in [9.17, 15) is 5.26 Å². The van der Waals surface area contributed by atoms with Gasteiger partial charge in [0.05, 0.1) is 62.5 Å². The number of nitrogens with zero attached hydrogens (tertiary/aromatic N) is 6. The maximum absolute atomic E-state index is 15.6. The zero-order valence-corrected chi connectivity index (χ0v) is 37.0. The lowest BCUT2D eigenvalue weighted by Gasteiger charge is -2.22. The highest BCUT2D eigenvalue weighted by Gasteiger charge is 2.36. The molecule has 6 nitrogen and oxygen atoms in total. The van der Waals surface area contributed by atoms with Crippen molar-refractivity contribution in [2.45, 2.75) is 6.18 Å². The third-order valence-corrected chi connectivity index (χ3v) is 13.1. The zero-order chi connectivity index (χ0) is 47.5. The Labute approximate surface area is 399 Å². The number of para-hydroxylation sites is 2. The highest BCUT2D eigenvalue weighted by molar-refractivity contribution is 6.13. The number of benzene rings is 8. The fourth-order valence-corrected chi connectivity index (χ4v) is 10.1. The molecule has 330 valence electrons. The number of alkyl halides is 3. The number of nitriles is 1. The molecule has 0 fully saturated rings. The summed E-state index contributed by atoms with van der Waals surface area (Å²) < 4.78 is 50.6. The van der Waals surface area contributed by atoms with E-state index in [1.807, 2.05) is 167 Å². The summed E-state index contributed by atoms with van der Waals surface area (Å²) in [5.74, 6) is 0. The summed E-state index contributed by atoms with van der Waals surface area (Å²) in [5, 5.41) is 14.9. The summed E-state index contributed by atoms with van der Waals surface area (Å²) in [6.07, 6.45) is -1.32. The second-order valence-electron chi connectivity index (χ2n) is 17.0. The van der Waals surface area contributed by atoms with Crippen molar-refractivity contribution in [1.29, 1.82) is 5.26 Å². The molecule has 0 bridgehead atoms. The number of pyridine rings is 2. The number of fused-ring (bicyclic) bond motifs is 6. The number of rotatable bonds is 7. The maximum Gasteiger partial charge on any atom is 0.415 e. The highest BCUT2D eigenvalue weighted by atomic mass is 19.4. The van der Waals surface area contributed by atoms with E-state index in [0.717, 1.165) is 83.4 Å². The van der Waals surface area contributed by atoms with E-state index in [2.05, 4.69) is 23.0 Å². The fourth-order valence-electron chi connectivity index (χ4n) is 10.1. The number of halogens is 3. The second-order valence-corrected chi connectivity index (χ2v) is 17.0. The molecule has 70 heavy (non-hydrogen) atoms. The topological polar surface area (TPSA) is 63.8 Å². The Kier molecular flexibility index (Phi) is 9.94. The molecule has 0 aliphatic carbocycles. The molecule has 4 heterocycles. The summed E-state index contributed by atoms with van der Waals surface area (Å²) in [6, 6.07) is 64.9. The monoisotopic (exact) mass is 908 g/mol. The third kappa shape index (κ3) is 6.79. The van der Waals surface area contributed by atoms with Crippen LogP contribution in [-0.2, 0) is 6.18 Å². The van der Waals surface area contributed by atoms with Crippen LogP contribution in [0.5, 0.6) is 0 Å². The first kappa shape index (κ1) is 41.8. The SMILES string of the molecule is [C-]#[N+]c1cccc(C(F)(F)F)c1-c1cc(-n2c3ccccc3c3ccc(-c4cccnc4-c4ccccc4)cc32)c(C#N)cc1-n1c2ccccc2c2ccc(-c3cccnc3-c3ccccc3)cc21. The lowest BCUT2D eigenvalue weighted by molar-refractivity contribution is -0.137. The van der Waals surface area contributed by atoms with Crippen LogP contribution in [0, 0.1) is 17.9 Å². The summed E-state index contributed by atoms with van der Waals surface area (Å²) in [6.45, 7) is 8.31. The van der Waals surface area contributed by atoms with Crippen LogP contribution in [-0.4, -0.2) is 19.1 Å². The van der Waals surface area contributed by atoms with Crippen LogP contribution >= 0.6 is 0 Å². The third-order valence-electron chi connectivity index (χ3n) is 13.1. The Morgan fingerprint density at radius 1 is 0.457 bits per heavy atom. The molecular weight excluding hydrogens is 874 g/mol. The molecule has 0 aliphatic heterocycles. The van der Waals surface area contributed by atoms with Gasteiger partial charge in [-0.15, -0.1) is 0 Å². The Morgan fingerprint density at radius 2 is 0.957 bits per heavy atom. The minimum atomic E-state index is -4.84. The van der Waals surface area contributed by atoms with Gasteiger partial charge < -0.3 is 9.13 Å². The van der Waals surface area contributed by atoms with E-state index in [1.165, 1.54) is 12.1 Å². The smallest absolute Gasteiger partial charge is 0.309 e. The average Bonchev–Trinajstić information content (AvgIpc) is 3.92. The molecule has 0 saturated heterocycles. The van der Waals surface area contributed by atoms with Gasteiger partial charge in [-0.2, -0.15) is 18.4 Å². The summed E-state index contributed by atoms with van der Waals surface area (Å²) in [7, 11) is 0. The molecule has 0 radical (unpaired) electrons. The van der Waals surface area contributed by atoms with Crippen LogP contribution in [0.15, 0.2) is 213 Å². The van der Waals surface area contributed by atoms with Gasteiger partial charge in [-0.25, -0.2) is 4.85 Å². The zero-order valence-electron chi connectivity index (χ0n) is 37.0. The van der Waals surface area contributed by atoms with E-state index in [-0.39, 0.29) is 22.4 Å². The second kappa shape index (κ2) is 16.6. The first-order chi connectivity index (χ1) is 34.3. The van der Waals surface area contributed by atoms with Gasteiger partial charge in [-0.05, 0) is 65.2 Å². The molecule has 0 aliphatic rings. The lowest BCUT2D eigenvalue weighted by Crippen LogP contribution is -2.10. The van der Waals surface area contributed by atoms with Gasteiger partial charge in [0.1, 0.15) is 6.07 Å². The van der Waals surface area contributed by atoms with Gasteiger partial charge in [0.25, 0.3) is 0 Å². The number of aromatic nitrogens is 4. The molecule has 12 aromatic rings. The first-order valence-corrected chi connectivity index (χ1v) is 22.6. The molecule has 8 aromatic carbocycles. The molecule has 0 amide bonds. The van der Waals surface area contributed by atoms with Crippen molar-refractivity contribution in [2.24, 2.45) is 0 Å². The standard InChI is InChI=1S/C61H35F3N6/c1-66-51-24-12-23-50(61(62,63)64)58(51)49-36-54(69-52-25-10-8-19-45(52)47-29-27-40(33-55(47)69)43-21-13-31-67-59(43)38-15-4-2-5-16-38)42(37-65)35-57(49)70-53-26-11-9-20-46(53)48-30-28-41(34-56(48)70)44-22-14-32-68-60(44)39-17-6-3-7-18-39/h2-36H. The van der Waals surface area contributed by atoms with Gasteiger partial charge in [0.2, 0.25) is 0 Å². The highest BCUT2D eigenvalue weighted by Crippen LogP contribution is 2.48. The summed E-state index contributed by atoms with van der Waals surface area (Å²) in [5.41, 5.74) is 9.38. The van der Waals surface area contributed by atoms with E-state index in [0.29, 0.717) is 22.4 Å². The van der Waals surface area contributed by atoms with Crippen LogP contribution < -0.4 is 0 Å². The van der Waals surface area contributed by atoms with Gasteiger partial charge >= 0.3 is 6.18 Å². The van der Waals surface area contributed by atoms with Crippen LogP contribution in [0.4, 0.5) is 18.9 Å². The van der Waals surface area contributed by atoms with Crippen LogP contribution in [0.1, 0.15) is 11.1 Å². The normalized spacial score (nSPS) is 11.6. The van der Waals surface area contributed by atoms with E-state index in [1.54, 1.807) is 24.5 Å². The molecule has 9 heteroatoms. The molecule has 0 spiro atoms. The Hall–Kier alpha value is -9.57. The summed E-state index contributed by atoms with van der Waals surface area (Å²) in [4.78, 5) is 13.3. The van der Waals surface area contributed by atoms with Crippen LogP contribution in [0.25, 0.3) is 116 Å². The van der Waals surface area contributed by atoms with Gasteiger partial charge in [-0.3, -0.25) is 9.97 Å². The minimum Gasteiger partial charge on any atom is -0.309 e. The minimum absolute atomic E-state index is 0.132. The van der Waals surface area contributed by atoms with Crippen molar-refractivity contribution in [1.82, 2.24) is 19.1 Å². The van der Waals surface area contributed by atoms with Crippen LogP contribution in [0.2, 0.25) is 0 Å². The quantitative estimate of drug-likeness (QED) is 0.150.